The zero-order chi connectivity index (χ0) is 30.1. The third kappa shape index (κ3) is 4.32. The van der Waals surface area contributed by atoms with Gasteiger partial charge in [0.2, 0.25) is 5.78 Å². The average molecular weight is 584 g/mol. The second-order valence-corrected chi connectivity index (χ2v) is 11.4. The van der Waals surface area contributed by atoms with E-state index in [2.05, 4.69) is 0 Å². The van der Waals surface area contributed by atoms with Crippen LogP contribution in [0.2, 0.25) is 0 Å². The smallest absolute Gasteiger partial charge is 0.202 e. The van der Waals surface area contributed by atoms with Gasteiger partial charge in [-0.2, -0.15) is 0 Å². The van der Waals surface area contributed by atoms with Crippen LogP contribution >= 0.6 is 0 Å². The Hall–Kier alpha value is -3.39. The van der Waals surface area contributed by atoms with Gasteiger partial charge >= 0.3 is 0 Å². The van der Waals surface area contributed by atoms with Crippen molar-refractivity contribution in [2.75, 3.05) is 27.7 Å². The molecule has 0 aromatic heterocycles. The second kappa shape index (κ2) is 10.4. The van der Waals surface area contributed by atoms with Crippen LogP contribution in [0.1, 0.15) is 75.8 Å². The van der Waals surface area contributed by atoms with Gasteiger partial charge in [-0.05, 0) is 27.0 Å². The summed E-state index contributed by atoms with van der Waals surface area (Å²) in [6, 6.07) is 4.35. The first-order valence-electron chi connectivity index (χ1n) is 13.8. The number of ether oxygens (including phenoxy) is 5. The number of methoxy groups -OCH3 is 1. The molecular weight excluding hydrogens is 550 g/mol. The molecule has 2 fully saturated rings. The zero-order valence-electron chi connectivity index (χ0n) is 23.7. The molecule has 0 amide bonds. The van der Waals surface area contributed by atoms with Crippen LogP contribution in [-0.4, -0.2) is 95.4 Å². The molecule has 2 heterocycles. The molecule has 0 bridgehead atoms. The molecule has 0 spiro atoms. The Labute approximate surface area is 241 Å². The number of nitrogens with zero attached hydrogens (tertiary/aromatic N) is 1. The zero-order valence-corrected chi connectivity index (χ0v) is 23.7. The quantitative estimate of drug-likeness (QED) is 0.384. The molecule has 2 aromatic carbocycles. The number of benzene rings is 2. The summed E-state index contributed by atoms with van der Waals surface area (Å²) in [6.45, 7) is 3.50. The fourth-order valence-corrected chi connectivity index (χ4v) is 6.67. The highest BCUT2D eigenvalue weighted by molar-refractivity contribution is 6.31. The first kappa shape index (κ1) is 28.7. The molecule has 3 N–H and O–H groups in total. The van der Waals surface area contributed by atoms with E-state index in [0.717, 1.165) is 0 Å². The highest BCUT2D eigenvalue weighted by Gasteiger charge is 2.50. The van der Waals surface area contributed by atoms with Crippen molar-refractivity contribution in [2.24, 2.45) is 0 Å². The van der Waals surface area contributed by atoms with Gasteiger partial charge in [0, 0.05) is 42.0 Å². The molecule has 2 aliphatic carbocycles. The topological polar surface area (TPSA) is 161 Å². The molecule has 2 saturated heterocycles. The Kier molecular flexibility index (Phi) is 7.11. The summed E-state index contributed by atoms with van der Waals surface area (Å²) in [6.07, 6.45) is -3.09. The molecule has 42 heavy (non-hydrogen) atoms. The van der Waals surface area contributed by atoms with E-state index >= 15 is 0 Å². The lowest BCUT2D eigenvalue weighted by Crippen LogP contribution is -2.55. The van der Waals surface area contributed by atoms with Crippen LogP contribution in [0.3, 0.4) is 0 Å². The van der Waals surface area contributed by atoms with E-state index in [9.17, 15) is 29.7 Å². The van der Waals surface area contributed by atoms with Crippen LogP contribution < -0.4 is 4.74 Å². The molecule has 0 saturated carbocycles. The van der Waals surface area contributed by atoms with Crippen molar-refractivity contribution in [1.82, 2.24) is 4.90 Å². The van der Waals surface area contributed by atoms with Gasteiger partial charge < -0.3 is 39.0 Å². The molecule has 12 nitrogen and oxygen atoms in total. The number of carbonyl (C=O) groups excluding carboxylic acids is 3. The van der Waals surface area contributed by atoms with E-state index < -0.39 is 64.9 Å². The van der Waals surface area contributed by atoms with E-state index in [1.54, 1.807) is 6.07 Å². The summed E-state index contributed by atoms with van der Waals surface area (Å²) in [5.41, 5.74) is -2.81. The lowest BCUT2D eigenvalue weighted by molar-refractivity contribution is -0.262. The standard InChI is InChI=1S/C30H33NO11/c1-13-29-17(31(3)11-39-12-40-29)8-20(41-13)42-19-10-30(37,14(2)32)9-16-22(19)28(36)24-23(26(16)34)25(33)15-6-5-7-18(38-4)21(15)27(24)35/h5-7,13,17,19-20,29,34,36-37H,8-12H2,1-4H3/t13-,17-,19-,20-,29+,30-/m0/s1. The number of carbonyl (C=O) groups is 3. The van der Waals surface area contributed by atoms with E-state index in [1.165, 1.54) is 26.2 Å². The first-order chi connectivity index (χ1) is 20.0. The Morgan fingerprint density at radius 3 is 2.57 bits per heavy atom. The summed E-state index contributed by atoms with van der Waals surface area (Å²) in [7, 11) is 3.24. The maximum absolute atomic E-state index is 13.8. The maximum Gasteiger partial charge on any atom is 0.202 e. The van der Waals surface area contributed by atoms with E-state index in [4.69, 9.17) is 23.7 Å². The molecular formula is C30H33NO11. The number of rotatable bonds is 4. The highest BCUT2D eigenvalue weighted by Crippen LogP contribution is 2.52. The van der Waals surface area contributed by atoms with Crippen molar-refractivity contribution < 1.29 is 53.4 Å². The molecule has 0 radical (unpaired) electrons. The van der Waals surface area contributed by atoms with Crippen molar-refractivity contribution in [3.8, 4) is 17.2 Å². The van der Waals surface area contributed by atoms with Crippen molar-refractivity contribution in [1.29, 1.82) is 0 Å². The highest BCUT2D eigenvalue weighted by atomic mass is 16.7. The molecule has 12 heteroatoms. The third-order valence-electron chi connectivity index (χ3n) is 8.89. The molecule has 4 aliphatic rings. The number of phenolic OH excluding ortho intramolecular Hbond substituents is 2. The maximum atomic E-state index is 13.8. The Balaban J connectivity index is 1.46. The van der Waals surface area contributed by atoms with Gasteiger partial charge in [0.1, 0.15) is 42.5 Å². The number of aromatic hydroxyl groups is 2. The minimum Gasteiger partial charge on any atom is -0.507 e. The summed E-state index contributed by atoms with van der Waals surface area (Å²) in [5.74, 6) is -3.00. The third-order valence-corrected chi connectivity index (χ3v) is 8.89. The van der Waals surface area contributed by atoms with Crippen LogP contribution in [0.4, 0.5) is 0 Å². The molecule has 0 unspecified atom stereocenters. The number of phenols is 2. The van der Waals surface area contributed by atoms with E-state index in [-0.39, 0.29) is 58.9 Å². The van der Waals surface area contributed by atoms with Crippen LogP contribution in [0, 0.1) is 0 Å². The number of fused-ring (bicyclic) bond motifs is 4. The van der Waals surface area contributed by atoms with E-state index in [0.29, 0.717) is 13.2 Å². The van der Waals surface area contributed by atoms with Gasteiger partial charge in [-0.1, -0.05) is 12.1 Å². The normalized spacial score (nSPS) is 30.9. The number of aliphatic hydroxyl groups is 1. The lowest BCUT2D eigenvalue weighted by atomic mass is 9.72. The van der Waals surface area contributed by atoms with Crippen molar-refractivity contribution in [3.63, 3.8) is 0 Å². The Morgan fingerprint density at radius 2 is 1.86 bits per heavy atom. The van der Waals surface area contributed by atoms with Crippen LogP contribution in [0.15, 0.2) is 18.2 Å². The van der Waals surface area contributed by atoms with Gasteiger partial charge in [-0.25, -0.2) is 0 Å². The van der Waals surface area contributed by atoms with Gasteiger partial charge in [0.05, 0.1) is 36.0 Å². The second-order valence-electron chi connectivity index (χ2n) is 11.4. The number of hydrogen-bond donors (Lipinski definition) is 3. The van der Waals surface area contributed by atoms with Crippen LogP contribution in [0.5, 0.6) is 17.2 Å². The fraction of sp³-hybridized carbons (Fsp3) is 0.500. The van der Waals surface area contributed by atoms with Crippen LogP contribution in [-0.2, 0) is 30.2 Å². The van der Waals surface area contributed by atoms with Crippen molar-refractivity contribution >= 4 is 17.3 Å². The van der Waals surface area contributed by atoms with E-state index in [1.807, 2.05) is 18.9 Å². The minimum absolute atomic E-state index is 0.00445. The lowest BCUT2D eigenvalue weighted by Gasteiger charge is -2.44. The average Bonchev–Trinajstić information content (AvgIpc) is 3.14. The van der Waals surface area contributed by atoms with Gasteiger partial charge in [-0.15, -0.1) is 0 Å². The van der Waals surface area contributed by atoms with Crippen molar-refractivity contribution in [2.45, 2.75) is 69.4 Å². The summed E-state index contributed by atoms with van der Waals surface area (Å²) in [5, 5.41) is 34.5. The van der Waals surface area contributed by atoms with Crippen LogP contribution in [0.25, 0.3) is 0 Å². The molecule has 6 rings (SSSR count). The summed E-state index contributed by atoms with van der Waals surface area (Å²) < 4.78 is 29.1. The van der Waals surface area contributed by atoms with Gasteiger partial charge in [0.25, 0.3) is 0 Å². The predicted octanol–water partition coefficient (Wildman–Crippen LogP) is 1.97. The number of hydrogen-bond acceptors (Lipinski definition) is 12. The van der Waals surface area contributed by atoms with Crippen molar-refractivity contribution in [3.05, 3.63) is 51.6 Å². The monoisotopic (exact) mass is 583 g/mol. The Bertz CT molecular complexity index is 1490. The minimum atomic E-state index is -1.97. The summed E-state index contributed by atoms with van der Waals surface area (Å²) >= 11 is 0. The molecule has 224 valence electrons. The number of Topliss-reactive ketones (excluding diaryl/α,β-unsaturated/α-hetero) is 1. The number of likely N-dealkylation sites (N-methyl/N-ethyl adjacent to an activating group) is 1. The molecule has 2 aliphatic heterocycles. The fourth-order valence-electron chi connectivity index (χ4n) is 6.67. The first-order valence-corrected chi connectivity index (χ1v) is 13.8. The van der Waals surface area contributed by atoms with Gasteiger partial charge in [0.15, 0.2) is 17.9 Å². The van der Waals surface area contributed by atoms with Gasteiger partial charge in [-0.3, -0.25) is 19.3 Å². The SMILES string of the molecule is COc1cccc2c1C(=O)c1c(O)c3c(c(O)c1C2=O)C[C@@](O)(C(C)=O)C[C@@H]3O[C@H]1C[C@H]2[C@H](OCOCN2C)[C@H](C)O1. The number of ketones is 3. The Morgan fingerprint density at radius 1 is 1.12 bits per heavy atom. The summed E-state index contributed by atoms with van der Waals surface area (Å²) in [4.78, 5) is 42.1. The largest absolute Gasteiger partial charge is 0.507 e. The molecule has 6 atom stereocenters. The predicted molar refractivity (Wildman–Crippen MR) is 144 cm³/mol. The molecule has 2 aromatic rings.